The molecule has 0 bridgehead atoms. The first-order valence-electron chi connectivity index (χ1n) is 9.09. The summed E-state index contributed by atoms with van der Waals surface area (Å²) in [7, 11) is 0.701. The first kappa shape index (κ1) is 21.5. The molecule has 0 saturated carbocycles. The Balaban J connectivity index is 2.01. The minimum Gasteiger partial charge on any atom is -0.497 e. The molecule has 1 unspecified atom stereocenters. The van der Waals surface area contributed by atoms with Gasteiger partial charge in [-0.05, 0) is 48.4 Å². The molecule has 2 aromatic carbocycles. The Kier molecular flexibility index (Phi) is 6.23. The molecule has 3 rings (SSSR count). The van der Waals surface area contributed by atoms with E-state index in [1.165, 1.54) is 25.3 Å². The van der Waals surface area contributed by atoms with Crippen LogP contribution in [0.2, 0.25) is 0 Å². The van der Waals surface area contributed by atoms with Gasteiger partial charge in [-0.25, -0.2) is 18.2 Å². The van der Waals surface area contributed by atoms with Gasteiger partial charge in [0.15, 0.2) is 0 Å². The van der Waals surface area contributed by atoms with Crippen LogP contribution in [-0.2, 0) is 21.8 Å². The molecule has 1 atom stereocenters. The fourth-order valence-electron chi connectivity index (χ4n) is 3.14. The van der Waals surface area contributed by atoms with E-state index in [2.05, 4.69) is 9.71 Å². The first-order chi connectivity index (χ1) is 14.3. The van der Waals surface area contributed by atoms with E-state index in [0.717, 1.165) is 0 Å². The van der Waals surface area contributed by atoms with Crippen LogP contribution < -0.4 is 9.46 Å². The minimum absolute atomic E-state index is 0.0721. The molecule has 158 valence electrons. The SMILES string of the molecule is COC(=O)c1ccc(S(=O)(=O)NC(c2ccc(OC)cc2)c2nccn2C)c(C)c1. The van der Waals surface area contributed by atoms with Gasteiger partial charge in [-0.3, -0.25) is 0 Å². The van der Waals surface area contributed by atoms with Gasteiger partial charge in [0.25, 0.3) is 0 Å². The number of carbonyl (C=O) groups excluding carboxylic acids is 1. The number of nitrogens with zero attached hydrogens (tertiary/aromatic N) is 2. The molecular formula is C21H23N3O5S. The van der Waals surface area contributed by atoms with Crippen LogP contribution >= 0.6 is 0 Å². The van der Waals surface area contributed by atoms with Crippen molar-refractivity contribution in [1.82, 2.24) is 14.3 Å². The third-order valence-electron chi connectivity index (χ3n) is 4.72. The lowest BCUT2D eigenvalue weighted by atomic mass is 10.1. The molecule has 0 aliphatic carbocycles. The number of esters is 1. The van der Waals surface area contributed by atoms with Crippen molar-refractivity contribution in [2.45, 2.75) is 17.9 Å². The lowest BCUT2D eigenvalue weighted by Crippen LogP contribution is -2.31. The average Bonchev–Trinajstić information content (AvgIpc) is 3.17. The van der Waals surface area contributed by atoms with E-state index in [4.69, 9.17) is 9.47 Å². The maximum Gasteiger partial charge on any atom is 0.337 e. The number of hydrogen-bond acceptors (Lipinski definition) is 6. The van der Waals surface area contributed by atoms with Gasteiger partial charge in [0.05, 0.1) is 24.7 Å². The molecule has 30 heavy (non-hydrogen) atoms. The first-order valence-corrected chi connectivity index (χ1v) is 10.6. The average molecular weight is 429 g/mol. The summed E-state index contributed by atoms with van der Waals surface area (Å²) in [6.45, 7) is 1.63. The molecule has 0 saturated heterocycles. The normalized spacial score (nSPS) is 12.4. The molecular weight excluding hydrogens is 406 g/mol. The number of imidazole rings is 1. The van der Waals surface area contributed by atoms with E-state index in [1.54, 1.807) is 62.3 Å². The zero-order chi connectivity index (χ0) is 21.9. The molecule has 1 heterocycles. The summed E-state index contributed by atoms with van der Waals surface area (Å²) in [5.41, 5.74) is 1.42. The number of benzene rings is 2. The second-order valence-electron chi connectivity index (χ2n) is 6.70. The molecule has 9 heteroatoms. The topological polar surface area (TPSA) is 99.5 Å². The van der Waals surface area contributed by atoms with Crippen LogP contribution in [0, 0.1) is 6.92 Å². The van der Waals surface area contributed by atoms with E-state index in [0.29, 0.717) is 22.7 Å². The maximum absolute atomic E-state index is 13.2. The Morgan fingerprint density at radius 2 is 1.83 bits per heavy atom. The Morgan fingerprint density at radius 1 is 1.13 bits per heavy atom. The van der Waals surface area contributed by atoms with Gasteiger partial charge in [-0.2, -0.15) is 4.72 Å². The molecule has 0 aliphatic heterocycles. The molecule has 0 radical (unpaired) electrons. The van der Waals surface area contributed by atoms with E-state index in [9.17, 15) is 13.2 Å². The zero-order valence-electron chi connectivity index (χ0n) is 17.1. The molecule has 3 aromatic rings. The van der Waals surface area contributed by atoms with Gasteiger partial charge in [-0.15, -0.1) is 0 Å². The summed E-state index contributed by atoms with van der Waals surface area (Å²) >= 11 is 0. The summed E-state index contributed by atoms with van der Waals surface area (Å²) in [6, 6.07) is 10.7. The summed E-state index contributed by atoms with van der Waals surface area (Å²) < 4.78 is 40.8. The summed E-state index contributed by atoms with van der Waals surface area (Å²) in [5, 5.41) is 0. The van der Waals surface area contributed by atoms with Crippen LogP contribution in [0.4, 0.5) is 0 Å². The molecule has 0 aliphatic rings. The van der Waals surface area contributed by atoms with Crippen molar-refractivity contribution in [3.63, 3.8) is 0 Å². The lowest BCUT2D eigenvalue weighted by Gasteiger charge is -2.20. The highest BCUT2D eigenvalue weighted by Crippen LogP contribution is 2.26. The molecule has 1 aromatic heterocycles. The number of sulfonamides is 1. The van der Waals surface area contributed by atoms with E-state index < -0.39 is 22.0 Å². The Hall–Kier alpha value is -3.17. The van der Waals surface area contributed by atoms with Crippen molar-refractivity contribution in [1.29, 1.82) is 0 Å². The fraction of sp³-hybridized carbons (Fsp3) is 0.238. The maximum atomic E-state index is 13.2. The summed E-state index contributed by atoms with van der Waals surface area (Å²) in [5.74, 6) is 0.668. The minimum atomic E-state index is -3.93. The van der Waals surface area contributed by atoms with Crippen LogP contribution in [0.25, 0.3) is 0 Å². The molecule has 8 nitrogen and oxygen atoms in total. The van der Waals surface area contributed by atoms with Gasteiger partial charge >= 0.3 is 5.97 Å². The highest BCUT2D eigenvalue weighted by atomic mass is 32.2. The van der Waals surface area contributed by atoms with Crippen molar-refractivity contribution >= 4 is 16.0 Å². The predicted molar refractivity (Wildman–Crippen MR) is 111 cm³/mol. The number of ether oxygens (including phenoxy) is 2. The van der Waals surface area contributed by atoms with E-state index in [1.807, 2.05) is 0 Å². The summed E-state index contributed by atoms with van der Waals surface area (Å²) in [4.78, 5) is 16.1. The number of nitrogens with one attached hydrogen (secondary N) is 1. The van der Waals surface area contributed by atoms with Gasteiger partial charge in [0, 0.05) is 19.4 Å². The second kappa shape index (κ2) is 8.68. The van der Waals surface area contributed by atoms with Crippen LogP contribution in [0.1, 0.15) is 33.4 Å². The molecule has 0 spiro atoms. The Labute approximate surface area is 175 Å². The van der Waals surface area contributed by atoms with Crippen LogP contribution in [0.3, 0.4) is 0 Å². The number of carbonyl (C=O) groups is 1. The van der Waals surface area contributed by atoms with Crippen LogP contribution in [0.15, 0.2) is 59.8 Å². The summed E-state index contributed by atoms with van der Waals surface area (Å²) in [6.07, 6.45) is 3.35. The molecule has 0 fully saturated rings. The smallest absolute Gasteiger partial charge is 0.337 e. The largest absolute Gasteiger partial charge is 0.497 e. The molecule has 0 amide bonds. The zero-order valence-corrected chi connectivity index (χ0v) is 17.9. The number of rotatable bonds is 7. The van der Waals surface area contributed by atoms with Crippen LogP contribution in [0.5, 0.6) is 5.75 Å². The van der Waals surface area contributed by atoms with Crippen molar-refractivity contribution in [2.75, 3.05) is 14.2 Å². The predicted octanol–water partition coefficient (Wildman–Crippen LogP) is 2.59. The van der Waals surface area contributed by atoms with Crippen molar-refractivity contribution in [3.05, 3.63) is 77.4 Å². The molecule has 1 N–H and O–H groups in total. The third-order valence-corrected chi connectivity index (χ3v) is 6.31. The number of hydrogen-bond donors (Lipinski definition) is 1. The number of methoxy groups -OCH3 is 2. The van der Waals surface area contributed by atoms with Crippen LogP contribution in [-0.4, -0.2) is 38.2 Å². The van der Waals surface area contributed by atoms with Gasteiger partial charge < -0.3 is 14.0 Å². The monoisotopic (exact) mass is 429 g/mol. The number of aryl methyl sites for hydroxylation is 2. The number of aromatic nitrogens is 2. The lowest BCUT2D eigenvalue weighted by molar-refractivity contribution is 0.0600. The third kappa shape index (κ3) is 4.37. The van der Waals surface area contributed by atoms with Crippen molar-refractivity contribution < 1.29 is 22.7 Å². The Morgan fingerprint density at radius 3 is 2.37 bits per heavy atom. The standard InChI is InChI=1S/C21H23N3O5S/c1-14-13-16(21(25)29-4)7-10-18(14)30(26,27)23-19(20-22-11-12-24(20)2)15-5-8-17(28-3)9-6-15/h5-13,19,23H,1-4H3. The quantitative estimate of drug-likeness (QED) is 0.580. The fourth-order valence-corrected chi connectivity index (χ4v) is 4.54. The Bertz CT molecular complexity index is 1150. The second-order valence-corrected chi connectivity index (χ2v) is 8.38. The van der Waals surface area contributed by atoms with Gasteiger partial charge in [0.1, 0.15) is 17.6 Å². The highest BCUT2D eigenvalue weighted by Gasteiger charge is 2.27. The van der Waals surface area contributed by atoms with Gasteiger partial charge in [0.2, 0.25) is 10.0 Å². The van der Waals surface area contributed by atoms with E-state index in [-0.39, 0.29) is 10.5 Å². The van der Waals surface area contributed by atoms with Crippen molar-refractivity contribution in [3.8, 4) is 5.75 Å². The van der Waals surface area contributed by atoms with Gasteiger partial charge in [-0.1, -0.05) is 12.1 Å². The van der Waals surface area contributed by atoms with Crippen molar-refractivity contribution in [2.24, 2.45) is 7.05 Å². The van der Waals surface area contributed by atoms with E-state index >= 15 is 0 Å². The highest BCUT2D eigenvalue weighted by molar-refractivity contribution is 7.89.